The van der Waals surface area contributed by atoms with Crippen molar-refractivity contribution in [3.05, 3.63) is 15.3 Å². The molecule has 0 radical (unpaired) electrons. The fourth-order valence-electron chi connectivity index (χ4n) is 0. The van der Waals surface area contributed by atoms with Gasteiger partial charge in [-0.25, -0.2) is 0 Å². The van der Waals surface area contributed by atoms with Crippen molar-refractivity contribution in [2.45, 2.75) is 0 Å². The van der Waals surface area contributed by atoms with Gasteiger partial charge in [-0.3, -0.25) is 0 Å². The van der Waals surface area contributed by atoms with E-state index in [9.17, 15) is 0 Å². The number of quaternary nitrogens is 1. The summed E-state index contributed by atoms with van der Waals surface area (Å²) >= 11 is 0. The number of halogens is 2. The van der Waals surface area contributed by atoms with Gasteiger partial charge in [-0.2, -0.15) is 0 Å². The zero-order valence-electron chi connectivity index (χ0n) is 3.78. The molecule has 8 heteroatoms. The molecule has 4 N–H and O–H groups in total. The smallest absolute Gasteiger partial charge is 1.00 e. The van der Waals surface area contributed by atoms with E-state index in [0.29, 0.717) is 0 Å². The number of hydrogen-bond donors (Lipinski definition) is 1. The minimum absolute atomic E-state index is 0. The predicted molar refractivity (Wildman–Crippen MR) is 16.3 cm³/mol. The summed E-state index contributed by atoms with van der Waals surface area (Å²) in [6, 6.07) is 0. The maximum Gasteiger partial charge on any atom is 2.00 e. The van der Waals surface area contributed by atoms with Crippen molar-refractivity contribution < 1.29 is 69.8 Å². The Balaban J connectivity index is -0.00000000750. The third kappa shape index (κ3) is 229. The quantitative estimate of drug-likeness (QED) is 0.356. The zero-order valence-corrected chi connectivity index (χ0v) is 7.56. The summed E-state index contributed by atoms with van der Waals surface area (Å²) in [4.78, 5) is 8.25. The van der Waals surface area contributed by atoms with Crippen LogP contribution < -0.4 is 31.0 Å². The monoisotopic (exact) mass is 308 g/mol. The van der Waals surface area contributed by atoms with Gasteiger partial charge in [-0.05, 0) is 0 Å². The van der Waals surface area contributed by atoms with Crippen molar-refractivity contribution in [3.8, 4) is 0 Å². The third-order valence-corrected chi connectivity index (χ3v) is 0. The van der Waals surface area contributed by atoms with Crippen LogP contribution in [0.3, 0.4) is 0 Å². The van der Waals surface area contributed by atoms with E-state index in [-0.39, 0.29) is 70.9 Å². The molecule has 54 valence electrons. The average molecular weight is 308 g/mol. The van der Waals surface area contributed by atoms with E-state index in [1.54, 1.807) is 0 Å². The summed E-state index contributed by atoms with van der Waals surface area (Å²) in [6.45, 7) is 0. The van der Waals surface area contributed by atoms with Crippen LogP contribution in [-0.2, 0) is 0 Å². The fourth-order valence-corrected chi connectivity index (χ4v) is 0. The molecule has 0 aliphatic carbocycles. The van der Waals surface area contributed by atoms with Crippen LogP contribution in [0.25, 0.3) is 0 Å². The van der Waals surface area contributed by atoms with Crippen molar-refractivity contribution in [1.82, 2.24) is 6.15 Å². The van der Waals surface area contributed by atoms with Gasteiger partial charge in [0.1, 0.15) is 0 Å². The van der Waals surface area contributed by atoms with E-state index < -0.39 is 5.09 Å². The molecule has 0 atom stereocenters. The normalized spacial score (nSPS) is 3.00. The van der Waals surface area contributed by atoms with Gasteiger partial charge in [-0.1, -0.05) is 0 Å². The molecule has 0 unspecified atom stereocenters. The maximum absolute atomic E-state index is 8.25. The van der Waals surface area contributed by atoms with Gasteiger partial charge in [0, 0.05) is 0 Å². The second-order valence-corrected chi connectivity index (χ2v) is 0.224. The molecule has 0 rings (SSSR count). The predicted octanol–water partition coefficient (Wildman–Crippen LogP) is -5.85. The molecule has 0 spiro atoms. The summed E-state index contributed by atoms with van der Waals surface area (Å²) in [6.07, 6.45) is 0. The number of rotatable bonds is 0. The SMILES string of the molecule is O=[N+]([O-])[O-].[Cl-].[Cl-].[Gd+2].[NH4+]. The number of hydrogen-bond acceptors (Lipinski definition) is 3. The minimum Gasteiger partial charge on any atom is -1.00 e. The summed E-state index contributed by atoms with van der Waals surface area (Å²) in [7, 11) is 0. The van der Waals surface area contributed by atoms with Crippen LogP contribution in [0.15, 0.2) is 0 Å². The Hall–Kier alpha value is 1.06. The van der Waals surface area contributed by atoms with Crippen molar-refractivity contribution in [1.29, 1.82) is 0 Å². The molecule has 0 bridgehead atoms. The Morgan fingerprint density at radius 1 is 1.12 bits per heavy atom. The standard InChI is InChI=1S/2ClH.Gd.NO3.H3N/c;;;2-1(3)4;/h2*1H;;;1H3/q;;+2;-1;/p-1. The van der Waals surface area contributed by atoms with Crippen LogP contribution in [0.1, 0.15) is 0 Å². The Bertz CT molecular complexity index is 38.3. The molecule has 8 heavy (non-hydrogen) atoms. The molecular weight excluding hydrogens is 304 g/mol. The van der Waals surface area contributed by atoms with Crippen LogP contribution >= 0.6 is 0 Å². The van der Waals surface area contributed by atoms with Gasteiger partial charge in [-0.15, -0.1) is 0 Å². The third-order valence-electron chi connectivity index (χ3n) is 0. The summed E-state index contributed by atoms with van der Waals surface area (Å²) in [5.74, 6) is 0. The summed E-state index contributed by atoms with van der Waals surface area (Å²) in [5.41, 5.74) is 0. The van der Waals surface area contributed by atoms with Crippen molar-refractivity contribution >= 4 is 0 Å². The Labute approximate surface area is 90.4 Å². The first kappa shape index (κ1) is 35.7. The van der Waals surface area contributed by atoms with E-state index in [2.05, 4.69) is 0 Å². The van der Waals surface area contributed by atoms with Gasteiger partial charge in [0.05, 0.1) is 5.09 Å². The zero-order chi connectivity index (χ0) is 3.58. The van der Waals surface area contributed by atoms with Crippen LogP contribution in [0.4, 0.5) is 0 Å². The molecule has 0 heterocycles. The molecule has 0 aromatic carbocycles. The first-order valence-electron chi connectivity index (χ1n) is 0.548. The van der Waals surface area contributed by atoms with Gasteiger partial charge in [0.25, 0.3) is 0 Å². The average Bonchev–Trinajstić information content (AvgIpc) is 0.811. The van der Waals surface area contributed by atoms with Crippen molar-refractivity contribution in [2.24, 2.45) is 0 Å². The number of nitrogens with zero attached hydrogens (tertiary/aromatic N) is 1. The molecule has 0 saturated carbocycles. The molecular formula is H4Cl2GdN2O3. The summed E-state index contributed by atoms with van der Waals surface area (Å²) in [5, 5.41) is 14.8. The second kappa shape index (κ2) is 24.4. The molecule has 5 nitrogen and oxygen atoms in total. The van der Waals surface area contributed by atoms with E-state index in [1.165, 1.54) is 0 Å². The summed E-state index contributed by atoms with van der Waals surface area (Å²) < 4.78 is 0. The van der Waals surface area contributed by atoms with E-state index >= 15 is 0 Å². The molecule has 0 aliphatic heterocycles. The fraction of sp³-hybridized carbons (Fsp3) is 0. The van der Waals surface area contributed by atoms with Crippen LogP contribution in [0.2, 0.25) is 0 Å². The largest absolute Gasteiger partial charge is 2.00 e. The molecule has 0 fully saturated rings. The Morgan fingerprint density at radius 2 is 1.12 bits per heavy atom. The van der Waals surface area contributed by atoms with Crippen LogP contribution in [0, 0.1) is 55.3 Å². The van der Waals surface area contributed by atoms with Crippen LogP contribution in [-0.4, -0.2) is 5.09 Å². The minimum atomic E-state index is -1.75. The molecule has 0 amide bonds. The Morgan fingerprint density at radius 3 is 1.12 bits per heavy atom. The van der Waals surface area contributed by atoms with E-state index in [0.717, 1.165) is 0 Å². The van der Waals surface area contributed by atoms with Crippen molar-refractivity contribution in [2.75, 3.05) is 0 Å². The molecule has 0 saturated heterocycles. The first-order valence-corrected chi connectivity index (χ1v) is 0.548. The van der Waals surface area contributed by atoms with Gasteiger partial charge < -0.3 is 46.3 Å². The molecule has 0 aromatic heterocycles. The molecule has 0 aromatic rings. The van der Waals surface area contributed by atoms with Gasteiger partial charge >= 0.3 is 39.9 Å². The van der Waals surface area contributed by atoms with Crippen LogP contribution in [0.5, 0.6) is 0 Å². The van der Waals surface area contributed by atoms with E-state index in [4.69, 9.17) is 15.3 Å². The molecule has 0 aliphatic rings. The first-order chi connectivity index (χ1) is 1.73. The maximum atomic E-state index is 8.25. The second-order valence-electron chi connectivity index (χ2n) is 0.224. The van der Waals surface area contributed by atoms with E-state index in [1.807, 2.05) is 0 Å². The topological polar surface area (TPSA) is 103 Å². The Kier molecular flexibility index (Phi) is 109. The van der Waals surface area contributed by atoms with Gasteiger partial charge in [0.2, 0.25) is 0 Å². The van der Waals surface area contributed by atoms with Gasteiger partial charge in [0.15, 0.2) is 0 Å². The van der Waals surface area contributed by atoms with Crippen molar-refractivity contribution in [3.63, 3.8) is 0 Å².